The fraction of sp³-hybridized carbons (Fsp3) is 0.182. The third-order valence-electron chi connectivity index (χ3n) is 2.38. The fourth-order valence-electron chi connectivity index (χ4n) is 1.65. The van der Waals surface area contributed by atoms with E-state index in [0.29, 0.717) is 5.56 Å². The number of hydrogen-bond acceptors (Lipinski definition) is 2. The van der Waals surface area contributed by atoms with E-state index >= 15 is 0 Å². The third kappa shape index (κ3) is 2.15. The smallest absolute Gasteiger partial charge is 0.418 e. The van der Waals surface area contributed by atoms with Gasteiger partial charge in [-0.1, -0.05) is 11.6 Å². The Hall–Kier alpha value is -1.49. The van der Waals surface area contributed by atoms with Gasteiger partial charge in [0.05, 0.1) is 11.1 Å². The number of pyridine rings is 1. The monoisotopic (exact) mass is 261 g/mol. The van der Waals surface area contributed by atoms with Crippen molar-refractivity contribution in [3.8, 4) is 5.88 Å². The van der Waals surface area contributed by atoms with Crippen LogP contribution in [0, 0.1) is 6.92 Å². The van der Waals surface area contributed by atoms with Gasteiger partial charge in [-0.3, -0.25) is 0 Å². The molecule has 0 unspecified atom stereocenters. The standard InChI is InChI=1S/C11H7ClF3NO/c1-5-2-9(17)16-10-7(5)3-6(12)4-8(10)11(13,14)15/h2-4H,1H3,(H,16,17). The quantitative estimate of drug-likeness (QED) is 0.780. The lowest BCUT2D eigenvalue weighted by atomic mass is 10.1. The molecule has 90 valence electrons. The molecule has 1 heterocycles. The lowest BCUT2D eigenvalue weighted by Gasteiger charge is -2.12. The number of fused-ring (bicyclic) bond motifs is 1. The van der Waals surface area contributed by atoms with Crippen molar-refractivity contribution in [1.29, 1.82) is 0 Å². The molecule has 1 aromatic carbocycles. The Morgan fingerprint density at radius 3 is 2.47 bits per heavy atom. The molecule has 0 atom stereocenters. The van der Waals surface area contributed by atoms with E-state index in [1.807, 2.05) is 0 Å². The first-order valence-electron chi connectivity index (χ1n) is 4.66. The lowest BCUT2D eigenvalue weighted by molar-refractivity contribution is -0.136. The Morgan fingerprint density at radius 1 is 1.24 bits per heavy atom. The van der Waals surface area contributed by atoms with E-state index in [0.717, 1.165) is 6.07 Å². The van der Waals surface area contributed by atoms with Gasteiger partial charge in [0.15, 0.2) is 0 Å². The van der Waals surface area contributed by atoms with Crippen LogP contribution in [0.5, 0.6) is 5.88 Å². The summed E-state index contributed by atoms with van der Waals surface area (Å²) in [5, 5.41) is 9.53. The van der Waals surface area contributed by atoms with Crippen LogP contribution in [0.15, 0.2) is 18.2 Å². The van der Waals surface area contributed by atoms with Crippen molar-refractivity contribution in [2.24, 2.45) is 0 Å². The summed E-state index contributed by atoms with van der Waals surface area (Å²) >= 11 is 5.65. The van der Waals surface area contributed by atoms with E-state index in [2.05, 4.69) is 4.98 Å². The Bertz CT molecular complexity index is 595. The number of hydrogen-bond donors (Lipinski definition) is 1. The normalized spacial score (nSPS) is 12.1. The van der Waals surface area contributed by atoms with E-state index in [4.69, 9.17) is 11.6 Å². The van der Waals surface area contributed by atoms with Gasteiger partial charge in [-0.05, 0) is 24.6 Å². The zero-order valence-corrected chi connectivity index (χ0v) is 9.39. The second-order valence-electron chi connectivity index (χ2n) is 3.64. The van der Waals surface area contributed by atoms with Crippen LogP contribution in [0.25, 0.3) is 10.9 Å². The van der Waals surface area contributed by atoms with E-state index in [-0.39, 0.29) is 15.9 Å². The summed E-state index contributed by atoms with van der Waals surface area (Å²) < 4.78 is 38.3. The van der Waals surface area contributed by atoms with Crippen LogP contribution in [0.3, 0.4) is 0 Å². The maximum absolute atomic E-state index is 12.8. The first-order valence-corrected chi connectivity index (χ1v) is 5.04. The molecular weight excluding hydrogens is 255 g/mol. The van der Waals surface area contributed by atoms with Crippen molar-refractivity contribution in [1.82, 2.24) is 4.98 Å². The highest BCUT2D eigenvalue weighted by molar-refractivity contribution is 6.31. The minimum Gasteiger partial charge on any atom is -0.493 e. The second-order valence-corrected chi connectivity index (χ2v) is 4.08. The molecule has 0 aliphatic heterocycles. The van der Waals surface area contributed by atoms with Crippen LogP contribution >= 0.6 is 11.6 Å². The Kier molecular flexibility index (Phi) is 2.66. The molecular formula is C11H7ClF3NO. The molecule has 17 heavy (non-hydrogen) atoms. The number of aryl methyl sites for hydroxylation is 1. The van der Waals surface area contributed by atoms with E-state index in [1.54, 1.807) is 6.92 Å². The zero-order valence-electron chi connectivity index (χ0n) is 8.64. The predicted octanol–water partition coefficient (Wildman–Crippen LogP) is 3.92. The van der Waals surface area contributed by atoms with Gasteiger partial charge in [-0.25, -0.2) is 4.98 Å². The van der Waals surface area contributed by atoms with Crippen molar-refractivity contribution in [3.05, 3.63) is 34.3 Å². The Balaban J connectivity index is 2.93. The fourth-order valence-corrected chi connectivity index (χ4v) is 1.87. The van der Waals surface area contributed by atoms with Gasteiger partial charge in [0.1, 0.15) is 0 Å². The molecule has 0 spiro atoms. The van der Waals surface area contributed by atoms with Crippen molar-refractivity contribution >= 4 is 22.5 Å². The van der Waals surface area contributed by atoms with Gasteiger partial charge in [0, 0.05) is 16.5 Å². The number of aromatic hydroxyl groups is 1. The largest absolute Gasteiger partial charge is 0.493 e. The van der Waals surface area contributed by atoms with Crippen LogP contribution in [-0.2, 0) is 6.18 Å². The van der Waals surface area contributed by atoms with E-state index in [9.17, 15) is 18.3 Å². The van der Waals surface area contributed by atoms with E-state index < -0.39 is 17.6 Å². The lowest BCUT2D eigenvalue weighted by Crippen LogP contribution is -2.07. The average Bonchev–Trinajstić information content (AvgIpc) is 2.16. The number of alkyl halides is 3. The molecule has 0 radical (unpaired) electrons. The highest BCUT2D eigenvalue weighted by atomic mass is 35.5. The molecule has 0 aliphatic rings. The van der Waals surface area contributed by atoms with Gasteiger partial charge >= 0.3 is 6.18 Å². The maximum atomic E-state index is 12.8. The van der Waals surface area contributed by atoms with Crippen LogP contribution in [0.4, 0.5) is 13.2 Å². The van der Waals surface area contributed by atoms with Gasteiger partial charge in [-0.2, -0.15) is 13.2 Å². The first-order chi connectivity index (χ1) is 7.79. The Morgan fingerprint density at radius 2 is 1.88 bits per heavy atom. The number of aromatic nitrogens is 1. The average molecular weight is 262 g/mol. The molecule has 0 saturated heterocycles. The minimum atomic E-state index is -4.56. The minimum absolute atomic E-state index is 0.0135. The molecule has 2 nitrogen and oxygen atoms in total. The summed E-state index contributed by atoms with van der Waals surface area (Å²) in [7, 11) is 0. The molecule has 0 aliphatic carbocycles. The number of nitrogens with zero attached hydrogens (tertiary/aromatic N) is 1. The summed E-state index contributed by atoms with van der Waals surface area (Å²) in [6, 6.07) is 3.49. The zero-order chi connectivity index (χ0) is 12.8. The SMILES string of the molecule is Cc1cc(O)nc2c(C(F)(F)F)cc(Cl)cc12. The molecule has 6 heteroatoms. The summed E-state index contributed by atoms with van der Waals surface area (Å²) in [5.41, 5.74) is -0.751. The van der Waals surface area contributed by atoms with Crippen molar-refractivity contribution in [2.45, 2.75) is 13.1 Å². The molecule has 0 fully saturated rings. The van der Waals surface area contributed by atoms with Gasteiger partial charge in [0.2, 0.25) is 5.88 Å². The molecule has 2 rings (SSSR count). The number of benzene rings is 1. The van der Waals surface area contributed by atoms with Gasteiger partial charge in [0.25, 0.3) is 0 Å². The van der Waals surface area contributed by atoms with Crippen LogP contribution in [0.2, 0.25) is 5.02 Å². The number of rotatable bonds is 0. The van der Waals surface area contributed by atoms with Crippen molar-refractivity contribution in [2.75, 3.05) is 0 Å². The topological polar surface area (TPSA) is 33.1 Å². The second kappa shape index (κ2) is 3.77. The van der Waals surface area contributed by atoms with E-state index in [1.165, 1.54) is 12.1 Å². The molecule has 0 saturated carbocycles. The third-order valence-corrected chi connectivity index (χ3v) is 2.60. The molecule has 0 amide bonds. The van der Waals surface area contributed by atoms with Crippen molar-refractivity contribution < 1.29 is 18.3 Å². The summed E-state index contributed by atoms with van der Waals surface area (Å²) in [4.78, 5) is 3.52. The highest BCUT2D eigenvalue weighted by Gasteiger charge is 2.34. The molecule has 1 N–H and O–H groups in total. The summed E-state index contributed by atoms with van der Waals surface area (Å²) in [6.45, 7) is 1.58. The number of halogens is 4. The predicted molar refractivity (Wildman–Crippen MR) is 58.2 cm³/mol. The first kappa shape index (κ1) is 12.0. The molecule has 1 aromatic heterocycles. The van der Waals surface area contributed by atoms with Crippen molar-refractivity contribution in [3.63, 3.8) is 0 Å². The summed E-state index contributed by atoms with van der Waals surface area (Å²) in [6.07, 6.45) is -4.56. The summed E-state index contributed by atoms with van der Waals surface area (Å²) in [5.74, 6) is -0.442. The van der Waals surface area contributed by atoms with Crippen LogP contribution in [-0.4, -0.2) is 10.1 Å². The van der Waals surface area contributed by atoms with Gasteiger partial charge in [-0.15, -0.1) is 0 Å². The van der Waals surface area contributed by atoms with Crippen LogP contribution < -0.4 is 0 Å². The van der Waals surface area contributed by atoms with Gasteiger partial charge < -0.3 is 5.11 Å². The highest BCUT2D eigenvalue weighted by Crippen LogP contribution is 2.37. The molecule has 2 aromatic rings. The van der Waals surface area contributed by atoms with Crippen LogP contribution in [0.1, 0.15) is 11.1 Å². The molecule has 0 bridgehead atoms. The Labute approximate surface area is 99.7 Å². The maximum Gasteiger partial charge on any atom is 0.418 e.